The van der Waals surface area contributed by atoms with Crippen LogP contribution in [0.25, 0.3) is 0 Å². The van der Waals surface area contributed by atoms with E-state index < -0.39 is 0 Å². The molecule has 104 valence electrons. The van der Waals surface area contributed by atoms with Crippen molar-refractivity contribution in [1.29, 1.82) is 0 Å². The summed E-state index contributed by atoms with van der Waals surface area (Å²) in [7, 11) is 0. The third kappa shape index (κ3) is 4.10. The molecule has 18 heavy (non-hydrogen) atoms. The van der Waals surface area contributed by atoms with Crippen LogP contribution in [0.2, 0.25) is 0 Å². The second-order valence-electron chi connectivity index (χ2n) is 5.94. The number of ether oxygens (including phenoxy) is 1. The predicted molar refractivity (Wildman–Crippen MR) is 81.9 cm³/mol. The van der Waals surface area contributed by atoms with Crippen LogP contribution in [0.1, 0.15) is 64.7 Å². The van der Waals surface area contributed by atoms with Crippen LogP contribution in [-0.2, 0) is 9.53 Å². The van der Waals surface area contributed by atoms with Crippen LogP contribution in [0.15, 0.2) is 0 Å². The van der Waals surface area contributed by atoms with Crippen LogP contribution in [0.5, 0.6) is 0 Å². The lowest BCUT2D eigenvalue weighted by molar-refractivity contribution is -0.156. The van der Waals surface area contributed by atoms with Crippen molar-refractivity contribution in [2.45, 2.75) is 74.7 Å². The van der Waals surface area contributed by atoms with E-state index in [0.29, 0.717) is 0 Å². The second-order valence-corrected chi connectivity index (χ2v) is 7.70. The van der Waals surface area contributed by atoms with Gasteiger partial charge < -0.3 is 4.74 Å². The van der Waals surface area contributed by atoms with Gasteiger partial charge in [0.15, 0.2) is 0 Å². The molecule has 2 aliphatic rings. The van der Waals surface area contributed by atoms with Gasteiger partial charge >= 0.3 is 5.97 Å². The Balaban J connectivity index is 1.72. The van der Waals surface area contributed by atoms with Crippen LogP contribution >= 0.6 is 22.6 Å². The van der Waals surface area contributed by atoms with E-state index in [1.165, 1.54) is 32.1 Å². The molecule has 3 heteroatoms. The first kappa shape index (κ1) is 14.6. The zero-order valence-corrected chi connectivity index (χ0v) is 13.5. The SMILES string of the molecule is CCC1CCC(C(=O)OC2CCC(I)CC2)CC1. The first-order valence-corrected chi connectivity index (χ1v) is 8.78. The summed E-state index contributed by atoms with van der Waals surface area (Å²) < 4.78 is 6.50. The Morgan fingerprint density at radius 1 is 1.06 bits per heavy atom. The molecule has 0 unspecified atom stereocenters. The molecule has 0 saturated heterocycles. The number of carbonyl (C=O) groups is 1. The van der Waals surface area contributed by atoms with E-state index in [4.69, 9.17) is 4.74 Å². The van der Waals surface area contributed by atoms with Crippen LogP contribution in [0.4, 0.5) is 0 Å². The van der Waals surface area contributed by atoms with Crippen molar-refractivity contribution in [3.05, 3.63) is 0 Å². The van der Waals surface area contributed by atoms with Gasteiger partial charge in [-0.1, -0.05) is 35.9 Å². The fourth-order valence-corrected chi connectivity index (χ4v) is 3.93. The van der Waals surface area contributed by atoms with Gasteiger partial charge in [0.25, 0.3) is 0 Å². The lowest BCUT2D eigenvalue weighted by Gasteiger charge is -2.30. The molecule has 0 atom stereocenters. The Labute approximate surface area is 124 Å². The van der Waals surface area contributed by atoms with Gasteiger partial charge in [-0.05, 0) is 57.3 Å². The van der Waals surface area contributed by atoms with E-state index in [1.54, 1.807) is 0 Å². The number of rotatable bonds is 3. The van der Waals surface area contributed by atoms with Crippen molar-refractivity contribution in [3.8, 4) is 0 Å². The molecule has 0 radical (unpaired) electrons. The molecule has 0 aromatic carbocycles. The molecule has 2 fully saturated rings. The maximum absolute atomic E-state index is 12.1. The largest absolute Gasteiger partial charge is 0.462 e. The standard InChI is InChI=1S/C15H25IO2/c1-2-11-3-5-12(6-4-11)15(17)18-14-9-7-13(16)8-10-14/h11-14H,2-10H2,1H3. The van der Waals surface area contributed by atoms with Gasteiger partial charge in [0.1, 0.15) is 6.10 Å². The van der Waals surface area contributed by atoms with Gasteiger partial charge in [-0.3, -0.25) is 4.79 Å². The molecule has 2 nitrogen and oxygen atoms in total. The number of esters is 1. The molecular weight excluding hydrogens is 339 g/mol. The third-order valence-corrected chi connectivity index (χ3v) is 5.89. The Bertz CT molecular complexity index is 264. The summed E-state index contributed by atoms with van der Waals surface area (Å²) in [6, 6.07) is 0. The number of alkyl halides is 1. The summed E-state index contributed by atoms with van der Waals surface area (Å²) in [5, 5.41) is 0. The average Bonchev–Trinajstić information content (AvgIpc) is 2.41. The molecule has 2 rings (SSSR count). The molecule has 0 aromatic heterocycles. The summed E-state index contributed by atoms with van der Waals surface area (Å²) >= 11 is 2.51. The molecule has 2 saturated carbocycles. The van der Waals surface area contributed by atoms with Gasteiger partial charge in [-0.2, -0.15) is 0 Å². The van der Waals surface area contributed by atoms with E-state index in [9.17, 15) is 4.79 Å². The summed E-state index contributed by atoms with van der Waals surface area (Å²) in [5.41, 5.74) is 0. The van der Waals surface area contributed by atoms with Crippen LogP contribution < -0.4 is 0 Å². The zero-order chi connectivity index (χ0) is 13.0. The van der Waals surface area contributed by atoms with Gasteiger partial charge in [-0.15, -0.1) is 0 Å². The Morgan fingerprint density at radius 3 is 2.22 bits per heavy atom. The number of hydrogen-bond acceptors (Lipinski definition) is 2. The molecule has 0 heterocycles. The summed E-state index contributed by atoms with van der Waals surface area (Å²) in [6.45, 7) is 2.26. The molecule has 0 N–H and O–H groups in total. The fraction of sp³-hybridized carbons (Fsp3) is 0.933. The van der Waals surface area contributed by atoms with Crippen LogP contribution in [-0.4, -0.2) is 16.0 Å². The predicted octanol–water partition coefficient (Wildman–Crippen LogP) is 4.49. The number of carbonyl (C=O) groups excluding carboxylic acids is 1. The van der Waals surface area contributed by atoms with Gasteiger partial charge in [0, 0.05) is 3.92 Å². The van der Waals surface area contributed by atoms with Crippen molar-refractivity contribution in [2.24, 2.45) is 11.8 Å². The molecule has 0 amide bonds. The van der Waals surface area contributed by atoms with E-state index in [-0.39, 0.29) is 18.0 Å². The second kappa shape index (κ2) is 7.11. The summed E-state index contributed by atoms with van der Waals surface area (Å²) in [5.74, 6) is 1.15. The third-order valence-electron chi connectivity index (χ3n) is 4.64. The highest BCUT2D eigenvalue weighted by Crippen LogP contribution is 2.33. The quantitative estimate of drug-likeness (QED) is 0.419. The van der Waals surface area contributed by atoms with E-state index in [2.05, 4.69) is 29.5 Å². The van der Waals surface area contributed by atoms with Crippen LogP contribution in [0, 0.1) is 11.8 Å². The van der Waals surface area contributed by atoms with Crippen molar-refractivity contribution >= 4 is 28.6 Å². The molecule has 2 aliphatic carbocycles. The first-order valence-electron chi connectivity index (χ1n) is 7.53. The van der Waals surface area contributed by atoms with Crippen LogP contribution in [0.3, 0.4) is 0 Å². The average molecular weight is 364 g/mol. The molecular formula is C15H25IO2. The smallest absolute Gasteiger partial charge is 0.309 e. The Kier molecular flexibility index (Phi) is 5.77. The van der Waals surface area contributed by atoms with Crippen molar-refractivity contribution in [1.82, 2.24) is 0 Å². The van der Waals surface area contributed by atoms with Crippen molar-refractivity contribution in [3.63, 3.8) is 0 Å². The zero-order valence-electron chi connectivity index (χ0n) is 11.4. The lowest BCUT2D eigenvalue weighted by atomic mass is 9.81. The minimum absolute atomic E-state index is 0.0986. The van der Waals surface area contributed by atoms with Gasteiger partial charge in [0.2, 0.25) is 0 Å². The molecule has 0 spiro atoms. The molecule has 0 bridgehead atoms. The van der Waals surface area contributed by atoms with Crippen molar-refractivity contribution in [2.75, 3.05) is 0 Å². The lowest BCUT2D eigenvalue weighted by Crippen LogP contribution is -2.30. The monoisotopic (exact) mass is 364 g/mol. The molecule has 0 aliphatic heterocycles. The highest BCUT2D eigenvalue weighted by atomic mass is 127. The minimum atomic E-state index is 0.0986. The van der Waals surface area contributed by atoms with E-state index in [0.717, 1.165) is 35.5 Å². The minimum Gasteiger partial charge on any atom is -0.462 e. The normalized spacial score (nSPS) is 37.2. The highest BCUT2D eigenvalue weighted by Gasteiger charge is 2.29. The maximum atomic E-state index is 12.1. The highest BCUT2D eigenvalue weighted by molar-refractivity contribution is 14.1. The van der Waals surface area contributed by atoms with Gasteiger partial charge in [-0.25, -0.2) is 0 Å². The summed E-state index contributed by atoms with van der Waals surface area (Å²) in [6.07, 6.45) is 10.6. The summed E-state index contributed by atoms with van der Waals surface area (Å²) in [4.78, 5) is 12.1. The number of halogens is 1. The Hall–Kier alpha value is 0.200. The van der Waals surface area contributed by atoms with Gasteiger partial charge in [0.05, 0.1) is 5.92 Å². The first-order chi connectivity index (χ1) is 8.69. The molecule has 0 aromatic rings. The fourth-order valence-electron chi connectivity index (χ4n) is 3.21. The van der Waals surface area contributed by atoms with Crippen molar-refractivity contribution < 1.29 is 9.53 Å². The topological polar surface area (TPSA) is 26.3 Å². The van der Waals surface area contributed by atoms with E-state index >= 15 is 0 Å². The number of hydrogen-bond donors (Lipinski definition) is 0. The Morgan fingerprint density at radius 2 is 1.67 bits per heavy atom. The maximum Gasteiger partial charge on any atom is 0.309 e. The van der Waals surface area contributed by atoms with E-state index in [1.807, 2.05) is 0 Å².